The monoisotopic (exact) mass is 276 g/mol. The highest BCUT2D eigenvalue weighted by Crippen LogP contribution is 2.19. The maximum Gasteiger partial charge on any atom is 0.255 e. The molecule has 20 heavy (non-hydrogen) atoms. The fourth-order valence-electron chi connectivity index (χ4n) is 2.57. The minimum Gasteiger partial charge on any atom is -0.312 e. The Bertz CT molecular complexity index is 486. The zero-order chi connectivity index (χ0) is 14.5. The molecule has 0 radical (unpaired) electrons. The van der Waals surface area contributed by atoms with Gasteiger partial charge in [0.25, 0.3) is 5.56 Å². The summed E-state index contributed by atoms with van der Waals surface area (Å²) in [5.41, 5.74) is 2.29. The summed E-state index contributed by atoms with van der Waals surface area (Å²) in [7, 11) is 0. The molecule has 3 nitrogen and oxygen atoms in total. The Labute approximate surface area is 122 Å². The number of nitrogens with one attached hydrogen (secondary N) is 1. The van der Waals surface area contributed by atoms with Gasteiger partial charge in [-0.2, -0.15) is 0 Å². The number of aromatic nitrogens is 1. The first-order chi connectivity index (χ1) is 9.63. The van der Waals surface area contributed by atoms with Crippen molar-refractivity contribution in [3.05, 3.63) is 33.7 Å². The Balaban J connectivity index is 2.17. The Morgan fingerprint density at radius 1 is 1.30 bits per heavy atom. The van der Waals surface area contributed by atoms with Gasteiger partial charge < -0.3 is 9.88 Å². The Morgan fingerprint density at radius 3 is 2.65 bits per heavy atom. The van der Waals surface area contributed by atoms with Crippen LogP contribution in [0.15, 0.2) is 16.9 Å². The summed E-state index contributed by atoms with van der Waals surface area (Å²) in [5.74, 6) is 0.398. The summed E-state index contributed by atoms with van der Waals surface area (Å²) in [6.45, 7) is 8.09. The maximum atomic E-state index is 12.6. The fourth-order valence-corrected chi connectivity index (χ4v) is 2.57. The van der Waals surface area contributed by atoms with Crippen molar-refractivity contribution >= 4 is 0 Å². The highest BCUT2D eigenvalue weighted by molar-refractivity contribution is 5.18. The topological polar surface area (TPSA) is 34.0 Å². The second-order valence-corrected chi connectivity index (χ2v) is 6.26. The number of nitrogens with zero attached hydrogens (tertiary/aromatic N) is 1. The van der Waals surface area contributed by atoms with Crippen molar-refractivity contribution in [2.75, 3.05) is 0 Å². The quantitative estimate of drug-likeness (QED) is 0.738. The predicted octanol–water partition coefficient (Wildman–Crippen LogP) is 3.41. The molecule has 2 rings (SSSR count). The average molecular weight is 276 g/mol. The third-order valence-corrected chi connectivity index (χ3v) is 4.02. The highest BCUT2D eigenvalue weighted by atomic mass is 16.1. The maximum absolute atomic E-state index is 12.6. The van der Waals surface area contributed by atoms with E-state index in [1.54, 1.807) is 0 Å². The molecule has 0 spiro atoms. The van der Waals surface area contributed by atoms with Gasteiger partial charge in [0.1, 0.15) is 0 Å². The van der Waals surface area contributed by atoms with E-state index in [9.17, 15) is 4.79 Å². The largest absolute Gasteiger partial charge is 0.312 e. The molecular formula is C17H28N2O. The van der Waals surface area contributed by atoms with E-state index in [1.165, 1.54) is 31.4 Å². The first-order valence-electron chi connectivity index (χ1n) is 8.09. The molecule has 1 saturated carbocycles. The van der Waals surface area contributed by atoms with E-state index < -0.39 is 0 Å². The number of hydrogen-bond acceptors (Lipinski definition) is 2. The lowest BCUT2D eigenvalue weighted by atomic mass is 10.1. The van der Waals surface area contributed by atoms with Crippen LogP contribution in [-0.2, 0) is 13.1 Å². The Kier molecular flexibility index (Phi) is 5.41. The Hall–Kier alpha value is -1.09. The molecule has 1 aliphatic carbocycles. The lowest BCUT2D eigenvalue weighted by Gasteiger charge is -2.17. The van der Waals surface area contributed by atoms with Crippen LogP contribution in [-0.4, -0.2) is 10.6 Å². The lowest BCUT2D eigenvalue weighted by Crippen LogP contribution is -2.30. The van der Waals surface area contributed by atoms with Crippen molar-refractivity contribution < 1.29 is 0 Å². The van der Waals surface area contributed by atoms with Gasteiger partial charge in [-0.25, -0.2) is 0 Å². The molecule has 0 amide bonds. The van der Waals surface area contributed by atoms with Gasteiger partial charge in [0.2, 0.25) is 0 Å². The van der Waals surface area contributed by atoms with Gasteiger partial charge in [-0.15, -0.1) is 0 Å². The van der Waals surface area contributed by atoms with Crippen LogP contribution in [0.4, 0.5) is 0 Å². The van der Waals surface area contributed by atoms with Gasteiger partial charge >= 0.3 is 0 Å². The van der Waals surface area contributed by atoms with E-state index in [4.69, 9.17) is 0 Å². The predicted molar refractivity (Wildman–Crippen MR) is 84.2 cm³/mol. The van der Waals surface area contributed by atoms with E-state index >= 15 is 0 Å². The molecule has 0 aliphatic heterocycles. The van der Waals surface area contributed by atoms with Crippen LogP contribution < -0.4 is 10.9 Å². The van der Waals surface area contributed by atoms with Gasteiger partial charge in [-0.1, -0.05) is 39.7 Å². The summed E-state index contributed by atoms with van der Waals surface area (Å²) in [5, 5.41) is 3.44. The molecule has 0 unspecified atom stereocenters. The van der Waals surface area contributed by atoms with Crippen molar-refractivity contribution in [3.8, 4) is 0 Å². The molecule has 112 valence electrons. The number of pyridine rings is 1. The zero-order valence-electron chi connectivity index (χ0n) is 13.1. The SMILES string of the molecule is CCCCCn1c(C(C)C)ccc(CNC2CC2)c1=O. The molecule has 0 aromatic carbocycles. The number of rotatable bonds is 8. The summed E-state index contributed by atoms with van der Waals surface area (Å²) in [6.07, 6.45) is 5.99. The van der Waals surface area contributed by atoms with E-state index in [0.29, 0.717) is 12.0 Å². The van der Waals surface area contributed by atoms with Crippen LogP contribution in [0.3, 0.4) is 0 Å². The van der Waals surface area contributed by atoms with Crippen molar-refractivity contribution in [2.45, 2.75) is 77.9 Å². The molecule has 1 heterocycles. The standard InChI is InChI=1S/C17H28N2O/c1-4-5-6-11-19-16(13(2)3)10-7-14(17(19)20)12-18-15-8-9-15/h7,10,13,15,18H,4-6,8-9,11-12H2,1-3H3. The average Bonchev–Trinajstić information content (AvgIpc) is 3.23. The second-order valence-electron chi connectivity index (χ2n) is 6.26. The molecule has 3 heteroatoms. The van der Waals surface area contributed by atoms with Crippen LogP contribution in [0.25, 0.3) is 0 Å². The van der Waals surface area contributed by atoms with Crippen molar-refractivity contribution in [2.24, 2.45) is 0 Å². The summed E-state index contributed by atoms with van der Waals surface area (Å²) >= 11 is 0. The normalized spacial score (nSPS) is 15.0. The van der Waals surface area contributed by atoms with Crippen LogP contribution >= 0.6 is 0 Å². The first-order valence-corrected chi connectivity index (χ1v) is 8.09. The zero-order valence-corrected chi connectivity index (χ0v) is 13.1. The minimum absolute atomic E-state index is 0.209. The smallest absolute Gasteiger partial charge is 0.255 e. The molecule has 0 atom stereocenters. The molecule has 0 bridgehead atoms. The number of unbranched alkanes of at least 4 members (excludes halogenated alkanes) is 2. The van der Waals surface area contributed by atoms with Gasteiger partial charge in [0.05, 0.1) is 0 Å². The van der Waals surface area contributed by atoms with Crippen LogP contribution in [0.5, 0.6) is 0 Å². The van der Waals surface area contributed by atoms with Crippen LogP contribution in [0, 0.1) is 0 Å². The summed E-state index contributed by atoms with van der Waals surface area (Å²) in [6, 6.07) is 4.80. The fraction of sp³-hybridized carbons (Fsp3) is 0.706. The minimum atomic E-state index is 0.209. The van der Waals surface area contributed by atoms with E-state index in [1.807, 2.05) is 10.6 Å². The molecule has 1 aromatic heterocycles. The molecular weight excluding hydrogens is 248 g/mol. The molecule has 1 aromatic rings. The molecule has 0 saturated heterocycles. The Morgan fingerprint density at radius 2 is 2.05 bits per heavy atom. The van der Waals surface area contributed by atoms with Crippen LogP contribution in [0.2, 0.25) is 0 Å². The summed E-state index contributed by atoms with van der Waals surface area (Å²) < 4.78 is 2.00. The number of hydrogen-bond donors (Lipinski definition) is 1. The molecule has 1 N–H and O–H groups in total. The van der Waals surface area contributed by atoms with Gasteiger partial charge in [0, 0.05) is 30.4 Å². The first kappa shape index (κ1) is 15.3. The molecule has 1 aliphatic rings. The van der Waals surface area contributed by atoms with Gasteiger partial charge in [-0.3, -0.25) is 4.79 Å². The molecule has 1 fully saturated rings. The van der Waals surface area contributed by atoms with Gasteiger partial charge in [-0.05, 0) is 31.2 Å². The third-order valence-electron chi connectivity index (χ3n) is 4.02. The van der Waals surface area contributed by atoms with E-state index in [2.05, 4.69) is 32.2 Å². The summed E-state index contributed by atoms with van der Waals surface area (Å²) in [4.78, 5) is 12.6. The third kappa shape index (κ3) is 3.95. The highest BCUT2D eigenvalue weighted by Gasteiger charge is 2.21. The van der Waals surface area contributed by atoms with Gasteiger partial charge in [0.15, 0.2) is 0 Å². The lowest BCUT2D eigenvalue weighted by molar-refractivity contribution is 0.545. The van der Waals surface area contributed by atoms with Crippen molar-refractivity contribution in [1.82, 2.24) is 9.88 Å². The second kappa shape index (κ2) is 7.07. The van der Waals surface area contributed by atoms with Crippen molar-refractivity contribution in [1.29, 1.82) is 0 Å². The van der Waals surface area contributed by atoms with Crippen LogP contribution in [0.1, 0.15) is 70.1 Å². The van der Waals surface area contributed by atoms with E-state index in [-0.39, 0.29) is 5.56 Å². The van der Waals surface area contributed by atoms with Crippen molar-refractivity contribution in [3.63, 3.8) is 0 Å². The van der Waals surface area contributed by atoms with E-state index in [0.717, 1.165) is 25.1 Å².